The van der Waals surface area contributed by atoms with Gasteiger partial charge < -0.3 is 25.2 Å². The second kappa shape index (κ2) is 6.89. The fourth-order valence-corrected chi connectivity index (χ4v) is 1.93. The Morgan fingerprint density at radius 1 is 1.29 bits per heavy atom. The lowest BCUT2D eigenvalue weighted by molar-refractivity contribution is -0.238. The average molecular weight is 299 g/mol. The number of carbonyl (C=O) groups excluding carboxylic acids is 1. The molecule has 0 saturated carbocycles. The molecule has 0 aromatic carbocycles. The summed E-state index contributed by atoms with van der Waals surface area (Å²) in [6, 6.07) is 3.13. The maximum absolute atomic E-state index is 11.8. The molecule has 1 amide bonds. The number of amides is 1. The SMILES string of the molecule is O=C(NN[C@H]1O[C@@H](CO)[C@@H](O)[C@@H](O)[C@@H]1O)c1cccnc1. The first-order valence-electron chi connectivity index (χ1n) is 6.31. The molecular weight excluding hydrogens is 282 g/mol. The van der Waals surface area contributed by atoms with Crippen LogP contribution >= 0.6 is 0 Å². The number of hydrazine groups is 1. The van der Waals surface area contributed by atoms with Crippen LogP contribution in [0.15, 0.2) is 24.5 Å². The maximum atomic E-state index is 11.8. The molecule has 2 heterocycles. The number of hydrogen-bond acceptors (Lipinski definition) is 8. The van der Waals surface area contributed by atoms with Gasteiger partial charge in [-0.3, -0.25) is 15.2 Å². The third-order valence-corrected chi connectivity index (χ3v) is 3.14. The number of nitrogens with one attached hydrogen (secondary N) is 2. The highest BCUT2D eigenvalue weighted by Crippen LogP contribution is 2.19. The fourth-order valence-electron chi connectivity index (χ4n) is 1.93. The molecule has 0 aliphatic carbocycles. The monoisotopic (exact) mass is 299 g/mol. The molecule has 116 valence electrons. The summed E-state index contributed by atoms with van der Waals surface area (Å²) in [7, 11) is 0. The van der Waals surface area contributed by atoms with E-state index >= 15 is 0 Å². The van der Waals surface area contributed by atoms with Gasteiger partial charge in [-0.05, 0) is 12.1 Å². The zero-order valence-corrected chi connectivity index (χ0v) is 11.0. The molecule has 5 atom stereocenters. The first-order chi connectivity index (χ1) is 10.0. The van der Waals surface area contributed by atoms with Gasteiger partial charge in [0.25, 0.3) is 5.91 Å². The van der Waals surface area contributed by atoms with Crippen LogP contribution < -0.4 is 10.9 Å². The second-order valence-corrected chi connectivity index (χ2v) is 4.59. The van der Waals surface area contributed by atoms with Crippen molar-refractivity contribution < 1.29 is 30.0 Å². The standard InChI is InChI=1S/C12H17N3O6/c16-5-7-8(17)9(18)10(19)12(21-7)15-14-11(20)6-2-1-3-13-4-6/h1-4,7-10,12,15-19H,5H2,(H,14,20)/t7-,8+,9+,10-,12-/m0/s1. The summed E-state index contributed by atoms with van der Waals surface area (Å²) in [6.45, 7) is -0.542. The number of carbonyl (C=O) groups is 1. The first kappa shape index (κ1) is 15.8. The van der Waals surface area contributed by atoms with Crippen molar-refractivity contribution in [2.24, 2.45) is 0 Å². The van der Waals surface area contributed by atoms with Gasteiger partial charge in [0.05, 0.1) is 12.2 Å². The molecule has 1 aromatic heterocycles. The number of aliphatic hydroxyl groups is 4. The summed E-state index contributed by atoms with van der Waals surface area (Å²) in [5.74, 6) is -0.514. The lowest BCUT2D eigenvalue weighted by Crippen LogP contribution is -2.64. The Morgan fingerprint density at radius 3 is 2.67 bits per heavy atom. The average Bonchev–Trinajstić information content (AvgIpc) is 2.52. The number of aromatic nitrogens is 1. The Labute approximate surface area is 120 Å². The van der Waals surface area contributed by atoms with Crippen molar-refractivity contribution in [1.29, 1.82) is 0 Å². The van der Waals surface area contributed by atoms with Gasteiger partial charge in [-0.15, -0.1) is 0 Å². The van der Waals surface area contributed by atoms with E-state index in [1.807, 2.05) is 0 Å². The van der Waals surface area contributed by atoms with Crippen LogP contribution in [0, 0.1) is 0 Å². The van der Waals surface area contributed by atoms with Crippen LogP contribution in [0.4, 0.5) is 0 Å². The smallest absolute Gasteiger partial charge is 0.267 e. The van der Waals surface area contributed by atoms with Gasteiger partial charge in [-0.1, -0.05) is 0 Å². The van der Waals surface area contributed by atoms with Gasteiger partial charge >= 0.3 is 0 Å². The minimum Gasteiger partial charge on any atom is -0.394 e. The lowest BCUT2D eigenvalue weighted by atomic mass is 9.99. The molecule has 1 aromatic rings. The molecule has 1 saturated heterocycles. The molecule has 9 heteroatoms. The Morgan fingerprint density at radius 2 is 2.05 bits per heavy atom. The van der Waals surface area contributed by atoms with Crippen LogP contribution in [-0.2, 0) is 4.74 Å². The molecule has 2 rings (SSSR count). The van der Waals surface area contributed by atoms with Crippen molar-refractivity contribution in [2.45, 2.75) is 30.6 Å². The van der Waals surface area contributed by atoms with E-state index in [4.69, 9.17) is 9.84 Å². The highest BCUT2D eigenvalue weighted by Gasteiger charge is 2.43. The quantitative estimate of drug-likeness (QED) is 0.325. The van der Waals surface area contributed by atoms with E-state index in [9.17, 15) is 20.1 Å². The van der Waals surface area contributed by atoms with Crippen LogP contribution in [0.5, 0.6) is 0 Å². The van der Waals surface area contributed by atoms with Crippen LogP contribution in [0.1, 0.15) is 10.4 Å². The normalized spacial score (nSPS) is 32.7. The van der Waals surface area contributed by atoms with Crippen molar-refractivity contribution in [3.8, 4) is 0 Å². The molecule has 1 aliphatic rings. The number of rotatable bonds is 4. The Kier molecular flexibility index (Phi) is 5.17. The maximum Gasteiger partial charge on any atom is 0.267 e. The molecule has 0 unspecified atom stereocenters. The van der Waals surface area contributed by atoms with Crippen molar-refractivity contribution >= 4 is 5.91 Å². The molecule has 0 spiro atoms. The van der Waals surface area contributed by atoms with Crippen molar-refractivity contribution in [1.82, 2.24) is 15.8 Å². The Bertz CT molecular complexity index is 471. The van der Waals surface area contributed by atoms with Gasteiger partial charge in [0.15, 0.2) is 6.23 Å². The molecule has 21 heavy (non-hydrogen) atoms. The van der Waals surface area contributed by atoms with Crippen LogP contribution in [-0.4, -0.2) is 68.6 Å². The summed E-state index contributed by atoms with van der Waals surface area (Å²) < 4.78 is 5.17. The van der Waals surface area contributed by atoms with E-state index in [-0.39, 0.29) is 5.56 Å². The molecule has 0 radical (unpaired) electrons. The number of hydrogen-bond donors (Lipinski definition) is 6. The number of nitrogens with zero attached hydrogens (tertiary/aromatic N) is 1. The molecule has 1 aliphatic heterocycles. The Balaban J connectivity index is 1.94. The summed E-state index contributed by atoms with van der Waals surface area (Å²) in [5.41, 5.74) is 4.98. The lowest BCUT2D eigenvalue weighted by Gasteiger charge is -2.40. The van der Waals surface area contributed by atoms with E-state index in [0.29, 0.717) is 0 Å². The van der Waals surface area contributed by atoms with Gasteiger partial charge in [0.1, 0.15) is 24.4 Å². The van der Waals surface area contributed by atoms with Crippen LogP contribution in [0.2, 0.25) is 0 Å². The van der Waals surface area contributed by atoms with Crippen LogP contribution in [0.25, 0.3) is 0 Å². The highest BCUT2D eigenvalue weighted by atomic mass is 16.6. The van der Waals surface area contributed by atoms with E-state index in [1.165, 1.54) is 18.5 Å². The second-order valence-electron chi connectivity index (χ2n) is 4.59. The van der Waals surface area contributed by atoms with E-state index in [2.05, 4.69) is 15.8 Å². The van der Waals surface area contributed by atoms with Crippen molar-refractivity contribution in [3.05, 3.63) is 30.1 Å². The topological polar surface area (TPSA) is 144 Å². The minimum absolute atomic E-state index is 0.287. The third kappa shape index (κ3) is 3.53. The summed E-state index contributed by atoms with van der Waals surface area (Å²) in [4.78, 5) is 15.6. The van der Waals surface area contributed by atoms with Gasteiger partial charge in [-0.25, -0.2) is 5.43 Å². The summed E-state index contributed by atoms with van der Waals surface area (Å²) in [6.07, 6.45) is -3.79. The largest absolute Gasteiger partial charge is 0.394 e. The predicted molar refractivity (Wildman–Crippen MR) is 68.6 cm³/mol. The molecule has 6 N–H and O–H groups in total. The van der Waals surface area contributed by atoms with E-state index < -0.39 is 43.2 Å². The zero-order valence-electron chi connectivity index (χ0n) is 11.0. The van der Waals surface area contributed by atoms with Crippen molar-refractivity contribution in [3.63, 3.8) is 0 Å². The fraction of sp³-hybridized carbons (Fsp3) is 0.500. The third-order valence-electron chi connectivity index (χ3n) is 3.14. The van der Waals surface area contributed by atoms with Crippen LogP contribution in [0.3, 0.4) is 0 Å². The van der Waals surface area contributed by atoms with Gasteiger partial charge in [-0.2, -0.15) is 0 Å². The summed E-state index contributed by atoms with van der Waals surface area (Å²) >= 11 is 0. The molecule has 0 bridgehead atoms. The minimum atomic E-state index is -1.51. The molecule has 9 nitrogen and oxygen atoms in total. The van der Waals surface area contributed by atoms with E-state index in [1.54, 1.807) is 6.07 Å². The number of ether oxygens (including phenoxy) is 1. The molecular formula is C12H17N3O6. The summed E-state index contributed by atoms with van der Waals surface area (Å²) in [5, 5.41) is 38.0. The highest BCUT2D eigenvalue weighted by molar-refractivity contribution is 5.93. The Hall–Kier alpha value is -1.62. The molecule has 1 fully saturated rings. The zero-order chi connectivity index (χ0) is 15.4. The van der Waals surface area contributed by atoms with Crippen molar-refractivity contribution in [2.75, 3.05) is 6.61 Å². The predicted octanol–water partition coefficient (Wildman–Crippen LogP) is -2.88. The van der Waals surface area contributed by atoms with Gasteiger partial charge in [0.2, 0.25) is 0 Å². The number of pyridine rings is 1. The first-order valence-corrected chi connectivity index (χ1v) is 6.31. The van der Waals surface area contributed by atoms with Gasteiger partial charge in [0, 0.05) is 12.4 Å². The number of aliphatic hydroxyl groups excluding tert-OH is 4. The van der Waals surface area contributed by atoms with E-state index in [0.717, 1.165) is 0 Å².